The number of aliphatic carboxylic acids is 1. The monoisotopic (exact) mass is 491 g/mol. The van der Waals surface area contributed by atoms with Crippen molar-refractivity contribution in [1.82, 2.24) is 21.7 Å². The molecule has 0 aromatic rings. The number of carbonyl (C=O) groups excluding carboxylic acids is 4. The van der Waals surface area contributed by atoms with Crippen molar-refractivity contribution in [2.24, 2.45) is 0 Å². The Morgan fingerprint density at radius 1 is 1.09 bits per heavy atom. The van der Waals surface area contributed by atoms with E-state index in [4.69, 9.17) is 20.3 Å². The second-order valence-corrected chi connectivity index (χ2v) is 7.80. The Balaban J connectivity index is 2.80. The van der Waals surface area contributed by atoms with Crippen LogP contribution in [0.5, 0.6) is 0 Å². The molecule has 8 N–H and O–H groups in total. The second kappa shape index (κ2) is 13.1. The molecule has 0 spiro atoms. The average molecular weight is 491 g/mol. The third-order valence-electron chi connectivity index (χ3n) is 5.01. The normalized spacial score (nSPS) is 27.1. The maximum atomic E-state index is 12.5. The number of carboxylic acids is 1. The van der Waals surface area contributed by atoms with Crippen molar-refractivity contribution in [2.45, 2.75) is 82.4 Å². The molecule has 0 unspecified atom stereocenters. The van der Waals surface area contributed by atoms with Gasteiger partial charge in [-0.3, -0.25) is 29.7 Å². The summed E-state index contributed by atoms with van der Waals surface area (Å²) in [4.78, 5) is 58.3. The van der Waals surface area contributed by atoms with Gasteiger partial charge in [-0.05, 0) is 20.3 Å². The zero-order valence-electron chi connectivity index (χ0n) is 18.9. The van der Waals surface area contributed by atoms with Crippen LogP contribution in [0.15, 0.2) is 0 Å². The van der Waals surface area contributed by atoms with Crippen LogP contribution in [0, 0.1) is 0 Å². The van der Waals surface area contributed by atoms with Crippen LogP contribution < -0.4 is 21.7 Å². The highest BCUT2D eigenvalue weighted by molar-refractivity contribution is 5.92. The molecule has 1 saturated heterocycles. The fraction of sp³-hybridized carbons (Fsp3) is 0.737. The predicted molar refractivity (Wildman–Crippen MR) is 110 cm³/mol. The van der Waals surface area contributed by atoms with Gasteiger partial charge in [-0.15, -0.1) is 0 Å². The molecular formula is C19H31N4O11. The fourth-order valence-electron chi connectivity index (χ4n) is 3.16. The van der Waals surface area contributed by atoms with Gasteiger partial charge in [0.15, 0.2) is 6.29 Å². The van der Waals surface area contributed by atoms with Crippen LogP contribution in [-0.4, -0.2) is 105 Å². The van der Waals surface area contributed by atoms with E-state index in [-0.39, 0.29) is 6.42 Å². The number of carboxylic acid groups (broad SMARTS) is 1. The van der Waals surface area contributed by atoms with Gasteiger partial charge in [0.1, 0.15) is 42.5 Å². The van der Waals surface area contributed by atoms with Crippen LogP contribution in [-0.2, 0) is 33.4 Å². The highest BCUT2D eigenvalue weighted by Gasteiger charge is 2.47. The molecule has 0 aliphatic carbocycles. The largest absolute Gasteiger partial charge is 0.481 e. The average Bonchev–Trinajstić information content (AvgIpc) is 2.74. The van der Waals surface area contributed by atoms with Crippen molar-refractivity contribution in [3.63, 3.8) is 0 Å². The van der Waals surface area contributed by atoms with Gasteiger partial charge in [0.2, 0.25) is 17.7 Å². The molecule has 0 aromatic heterocycles. The lowest BCUT2D eigenvalue weighted by Gasteiger charge is -2.43. The maximum Gasteiger partial charge on any atom is 0.303 e. The van der Waals surface area contributed by atoms with Crippen LogP contribution >= 0.6 is 0 Å². The van der Waals surface area contributed by atoms with E-state index in [1.807, 2.05) is 0 Å². The number of amides is 4. The minimum absolute atomic E-state index is 0.301. The van der Waals surface area contributed by atoms with Gasteiger partial charge in [-0.25, -0.2) is 0 Å². The molecule has 1 aliphatic rings. The molecule has 15 heteroatoms. The number of rotatable bonds is 12. The first kappa shape index (κ1) is 29.2. The third kappa shape index (κ3) is 8.49. The van der Waals surface area contributed by atoms with E-state index >= 15 is 0 Å². The number of hydrogen-bond acceptors (Lipinski definition) is 10. The van der Waals surface area contributed by atoms with E-state index in [1.165, 1.54) is 13.8 Å². The van der Waals surface area contributed by atoms with Gasteiger partial charge in [0.25, 0.3) is 5.91 Å². The molecule has 0 aromatic carbocycles. The van der Waals surface area contributed by atoms with Crippen molar-refractivity contribution < 1.29 is 53.9 Å². The van der Waals surface area contributed by atoms with Crippen LogP contribution in [0.2, 0.25) is 0 Å². The summed E-state index contributed by atoms with van der Waals surface area (Å²) in [5, 5.41) is 45.4. The molecule has 193 valence electrons. The Morgan fingerprint density at radius 2 is 1.71 bits per heavy atom. The van der Waals surface area contributed by atoms with E-state index in [2.05, 4.69) is 16.0 Å². The number of aliphatic hydroxyl groups excluding tert-OH is 3. The highest BCUT2D eigenvalue weighted by atomic mass is 16.6. The lowest BCUT2D eigenvalue weighted by Crippen LogP contribution is -2.65. The zero-order chi connectivity index (χ0) is 26.2. The van der Waals surface area contributed by atoms with E-state index in [9.17, 15) is 39.3 Å². The highest BCUT2D eigenvalue weighted by Crippen LogP contribution is 2.23. The van der Waals surface area contributed by atoms with Gasteiger partial charge in [-0.2, -0.15) is 0 Å². The Bertz CT molecular complexity index is 765. The van der Waals surface area contributed by atoms with Crippen LogP contribution in [0.1, 0.15) is 33.6 Å². The molecule has 15 nitrogen and oxygen atoms in total. The summed E-state index contributed by atoms with van der Waals surface area (Å²) in [7, 11) is 0. The van der Waals surface area contributed by atoms with Gasteiger partial charge in [0.05, 0.1) is 6.61 Å². The molecule has 0 bridgehead atoms. The van der Waals surface area contributed by atoms with Crippen LogP contribution in [0.25, 0.3) is 0 Å². The minimum Gasteiger partial charge on any atom is -0.481 e. The lowest BCUT2D eigenvalue weighted by atomic mass is 9.96. The number of ether oxygens (including phenoxy) is 2. The number of aliphatic hydroxyl groups is 3. The second-order valence-electron chi connectivity index (χ2n) is 7.80. The first-order valence-electron chi connectivity index (χ1n) is 10.4. The Labute approximate surface area is 195 Å². The SMILES string of the molecule is CC(=O)N[C@@H]1[C@@H](O[C@H](C)C(=O)N[C@@H](C)C(=O)N[C@H](CCC(=O)O)C([NH])=O)[C@H](O)[C@@H](CO)O[C@H]1O. The summed E-state index contributed by atoms with van der Waals surface area (Å²) < 4.78 is 10.6. The van der Waals surface area contributed by atoms with Gasteiger partial charge < -0.3 is 45.9 Å². The molecule has 34 heavy (non-hydrogen) atoms. The summed E-state index contributed by atoms with van der Waals surface area (Å²) in [6.45, 7) is 3.02. The molecule has 1 radical (unpaired) electrons. The van der Waals surface area contributed by atoms with Gasteiger partial charge in [-0.1, -0.05) is 0 Å². The predicted octanol–water partition coefficient (Wildman–Crippen LogP) is -4.00. The zero-order valence-corrected chi connectivity index (χ0v) is 18.9. The lowest BCUT2D eigenvalue weighted by molar-refractivity contribution is -0.266. The first-order valence-corrected chi connectivity index (χ1v) is 10.4. The third-order valence-corrected chi connectivity index (χ3v) is 5.01. The first-order chi connectivity index (χ1) is 15.8. The molecule has 8 atom stereocenters. The van der Waals surface area contributed by atoms with Gasteiger partial charge in [0, 0.05) is 13.3 Å². The topological polar surface area (TPSA) is 245 Å². The number of nitrogens with one attached hydrogen (secondary N) is 4. The minimum atomic E-state index is -1.65. The molecule has 1 aliphatic heterocycles. The maximum absolute atomic E-state index is 12.5. The van der Waals surface area contributed by atoms with Crippen molar-refractivity contribution in [1.29, 1.82) is 0 Å². The van der Waals surface area contributed by atoms with E-state index in [0.29, 0.717) is 0 Å². The van der Waals surface area contributed by atoms with Crippen molar-refractivity contribution in [2.75, 3.05) is 6.61 Å². The Kier molecular flexibility index (Phi) is 11.3. The smallest absolute Gasteiger partial charge is 0.303 e. The van der Waals surface area contributed by atoms with Crippen LogP contribution in [0.3, 0.4) is 0 Å². The van der Waals surface area contributed by atoms with E-state index in [0.717, 1.165) is 6.92 Å². The quantitative estimate of drug-likeness (QED) is 0.139. The fourth-order valence-corrected chi connectivity index (χ4v) is 3.16. The van der Waals surface area contributed by atoms with Crippen LogP contribution in [0.4, 0.5) is 0 Å². The van der Waals surface area contributed by atoms with E-state index < -0.39 is 91.5 Å². The van der Waals surface area contributed by atoms with Crippen molar-refractivity contribution in [3.05, 3.63) is 0 Å². The molecule has 1 fully saturated rings. The van der Waals surface area contributed by atoms with E-state index in [1.54, 1.807) is 0 Å². The van der Waals surface area contributed by atoms with Crippen molar-refractivity contribution in [3.8, 4) is 0 Å². The Hall–Kier alpha value is -2.85. The molecule has 0 saturated carbocycles. The standard InChI is InChI=1S/C19H31N4O11/c1-7(17(30)23-10(16(20)29)4-5-12(26)27)21-18(31)8(2)33-15-13(22-9(3)25)19(32)34-11(6-24)14(15)28/h7-8,10-11,13-15,19-20,24,28,32H,4-6H2,1-3H3,(H,21,31)(H,22,25)(H,23,30)(H,26,27)/t7-,8+,10+,11+,13+,14+,15+,19+/m0/s1. The number of hydrogen-bond donors (Lipinski definition) is 7. The summed E-state index contributed by atoms with van der Waals surface area (Å²) in [5.41, 5.74) is 7.15. The molecular weight excluding hydrogens is 460 g/mol. The summed E-state index contributed by atoms with van der Waals surface area (Å²) in [6.07, 6.45) is -7.88. The number of carbonyl (C=O) groups is 5. The molecule has 1 rings (SSSR count). The summed E-state index contributed by atoms with van der Waals surface area (Å²) >= 11 is 0. The molecule has 4 amide bonds. The summed E-state index contributed by atoms with van der Waals surface area (Å²) in [5.74, 6) is -4.68. The molecule has 1 heterocycles. The van der Waals surface area contributed by atoms with Crippen molar-refractivity contribution >= 4 is 29.6 Å². The Morgan fingerprint density at radius 3 is 2.21 bits per heavy atom. The summed E-state index contributed by atoms with van der Waals surface area (Å²) in [6, 6.07) is -3.86. The van der Waals surface area contributed by atoms with Gasteiger partial charge >= 0.3 is 5.97 Å².